The van der Waals surface area contributed by atoms with Gasteiger partial charge in [0.2, 0.25) is 0 Å². The molecular formula is C12H18N2O2. The smallest absolute Gasteiger partial charge is 0.339 e. The lowest BCUT2D eigenvalue weighted by atomic mass is 10.1. The predicted molar refractivity (Wildman–Crippen MR) is 65.0 cm³/mol. The van der Waals surface area contributed by atoms with E-state index in [1.54, 1.807) is 6.07 Å². The van der Waals surface area contributed by atoms with Gasteiger partial charge in [0.05, 0.1) is 18.4 Å². The Balaban J connectivity index is 2.89. The molecule has 0 bridgehead atoms. The summed E-state index contributed by atoms with van der Waals surface area (Å²) in [5.74, 6) is -0.299. The molecule has 88 valence electrons. The second kappa shape index (κ2) is 6.12. The quantitative estimate of drug-likeness (QED) is 0.758. The molecule has 0 aromatic heterocycles. The van der Waals surface area contributed by atoms with Gasteiger partial charge in [-0.25, -0.2) is 4.79 Å². The molecule has 0 saturated heterocycles. The van der Waals surface area contributed by atoms with Crippen LogP contribution in [0.15, 0.2) is 24.3 Å². The summed E-state index contributed by atoms with van der Waals surface area (Å²) in [5.41, 5.74) is 1.49. The SMILES string of the molecule is CNCCN(C)c1ccccc1C(=O)OC. The van der Waals surface area contributed by atoms with Crippen molar-refractivity contribution < 1.29 is 9.53 Å². The van der Waals surface area contributed by atoms with Crippen LogP contribution >= 0.6 is 0 Å². The summed E-state index contributed by atoms with van der Waals surface area (Å²) in [6.07, 6.45) is 0. The maximum atomic E-state index is 11.5. The van der Waals surface area contributed by atoms with Gasteiger partial charge in [-0.1, -0.05) is 12.1 Å². The maximum Gasteiger partial charge on any atom is 0.339 e. The van der Waals surface area contributed by atoms with Crippen LogP contribution in [0.2, 0.25) is 0 Å². The van der Waals surface area contributed by atoms with E-state index in [-0.39, 0.29) is 5.97 Å². The molecule has 1 N–H and O–H groups in total. The average Bonchev–Trinajstić information content (AvgIpc) is 2.35. The van der Waals surface area contributed by atoms with Crippen LogP contribution in [0.5, 0.6) is 0 Å². The zero-order valence-corrected chi connectivity index (χ0v) is 9.99. The summed E-state index contributed by atoms with van der Waals surface area (Å²) in [5, 5.41) is 3.07. The molecule has 0 saturated carbocycles. The Hall–Kier alpha value is -1.55. The molecular weight excluding hydrogens is 204 g/mol. The molecule has 4 heteroatoms. The first kappa shape index (κ1) is 12.5. The molecule has 0 atom stereocenters. The standard InChI is InChI=1S/C12H18N2O2/c1-13-8-9-14(2)11-7-5-4-6-10(11)12(15)16-3/h4-7,13H,8-9H2,1-3H3. The maximum absolute atomic E-state index is 11.5. The van der Waals surface area contributed by atoms with Crippen molar-refractivity contribution in [1.29, 1.82) is 0 Å². The van der Waals surface area contributed by atoms with Crippen LogP contribution in [0.25, 0.3) is 0 Å². The molecule has 0 heterocycles. The van der Waals surface area contributed by atoms with Gasteiger partial charge in [-0.15, -0.1) is 0 Å². The van der Waals surface area contributed by atoms with Crippen LogP contribution in [-0.4, -0.2) is 40.3 Å². The minimum absolute atomic E-state index is 0.299. The summed E-state index contributed by atoms with van der Waals surface area (Å²) in [6, 6.07) is 7.44. The number of ether oxygens (including phenoxy) is 1. The minimum Gasteiger partial charge on any atom is -0.465 e. The van der Waals surface area contributed by atoms with Crippen molar-refractivity contribution in [3.05, 3.63) is 29.8 Å². The van der Waals surface area contributed by atoms with Crippen molar-refractivity contribution in [1.82, 2.24) is 5.32 Å². The number of carbonyl (C=O) groups excluding carboxylic acids is 1. The first-order chi connectivity index (χ1) is 7.70. The Labute approximate surface area is 96.2 Å². The number of para-hydroxylation sites is 1. The van der Waals surface area contributed by atoms with Crippen LogP contribution in [0.1, 0.15) is 10.4 Å². The highest BCUT2D eigenvalue weighted by molar-refractivity contribution is 5.95. The van der Waals surface area contributed by atoms with E-state index in [4.69, 9.17) is 4.74 Å². The van der Waals surface area contributed by atoms with Crippen molar-refractivity contribution in [3.63, 3.8) is 0 Å². The molecule has 1 aromatic rings. The zero-order valence-electron chi connectivity index (χ0n) is 9.99. The number of likely N-dealkylation sites (N-methyl/N-ethyl adjacent to an activating group) is 2. The molecule has 1 rings (SSSR count). The number of hydrogen-bond donors (Lipinski definition) is 1. The van der Waals surface area contributed by atoms with Gasteiger partial charge in [0.25, 0.3) is 0 Å². The lowest BCUT2D eigenvalue weighted by molar-refractivity contribution is 0.0601. The van der Waals surface area contributed by atoms with E-state index in [1.807, 2.05) is 37.2 Å². The number of anilines is 1. The van der Waals surface area contributed by atoms with Crippen LogP contribution < -0.4 is 10.2 Å². The highest BCUT2D eigenvalue weighted by atomic mass is 16.5. The highest BCUT2D eigenvalue weighted by Crippen LogP contribution is 2.19. The van der Waals surface area contributed by atoms with E-state index in [0.29, 0.717) is 5.56 Å². The molecule has 0 fully saturated rings. The van der Waals surface area contributed by atoms with Crippen LogP contribution in [0.3, 0.4) is 0 Å². The highest BCUT2D eigenvalue weighted by Gasteiger charge is 2.13. The number of hydrogen-bond acceptors (Lipinski definition) is 4. The second-order valence-corrected chi connectivity index (χ2v) is 3.53. The normalized spacial score (nSPS) is 9.94. The van der Waals surface area contributed by atoms with Crippen LogP contribution in [0, 0.1) is 0 Å². The van der Waals surface area contributed by atoms with Crippen LogP contribution in [0.4, 0.5) is 5.69 Å². The summed E-state index contributed by atoms with van der Waals surface area (Å²) in [6.45, 7) is 1.70. The van der Waals surface area contributed by atoms with Gasteiger partial charge in [-0.3, -0.25) is 0 Å². The molecule has 0 aliphatic rings. The van der Waals surface area contributed by atoms with Gasteiger partial charge in [0.1, 0.15) is 0 Å². The molecule has 0 aliphatic heterocycles. The number of nitrogens with one attached hydrogen (secondary N) is 1. The number of esters is 1. The second-order valence-electron chi connectivity index (χ2n) is 3.53. The lowest BCUT2D eigenvalue weighted by Crippen LogP contribution is -2.28. The Kier molecular flexibility index (Phi) is 4.79. The van der Waals surface area contributed by atoms with E-state index in [0.717, 1.165) is 18.8 Å². The Bertz CT molecular complexity index is 353. The third-order valence-electron chi connectivity index (χ3n) is 2.42. The summed E-state index contributed by atoms with van der Waals surface area (Å²) in [4.78, 5) is 13.6. The largest absolute Gasteiger partial charge is 0.465 e. The number of nitrogens with zero attached hydrogens (tertiary/aromatic N) is 1. The molecule has 4 nitrogen and oxygen atoms in total. The molecule has 16 heavy (non-hydrogen) atoms. The molecule has 1 aromatic carbocycles. The van der Waals surface area contributed by atoms with E-state index >= 15 is 0 Å². The summed E-state index contributed by atoms with van der Waals surface area (Å²) < 4.78 is 4.75. The first-order valence-electron chi connectivity index (χ1n) is 5.23. The number of benzene rings is 1. The van der Waals surface area contributed by atoms with Crippen molar-refractivity contribution >= 4 is 11.7 Å². The summed E-state index contributed by atoms with van der Waals surface area (Å²) >= 11 is 0. The number of methoxy groups -OCH3 is 1. The molecule has 0 amide bonds. The minimum atomic E-state index is -0.299. The lowest BCUT2D eigenvalue weighted by Gasteiger charge is -2.21. The molecule has 0 aliphatic carbocycles. The third-order valence-corrected chi connectivity index (χ3v) is 2.42. The van der Waals surface area contributed by atoms with E-state index in [1.165, 1.54) is 7.11 Å². The average molecular weight is 222 g/mol. The first-order valence-corrected chi connectivity index (χ1v) is 5.23. The number of carbonyl (C=O) groups is 1. The van der Waals surface area contributed by atoms with Gasteiger partial charge in [0.15, 0.2) is 0 Å². The molecule has 0 spiro atoms. The van der Waals surface area contributed by atoms with E-state index in [2.05, 4.69) is 5.32 Å². The van der Waals surface area contributed by atoms with Gasteiger partial charge < -0.3 is 15.0 Å². The monoisotopic (exact) mass is 222 g/mol. The number of rotatable bonds is 5. The topological polar surface area (TPSA) is 41.6 Å². The van der Waals surface area contributed by atoms with Gasteiger partial charge in [-0.05, 0) is 19.2 Å². The van der Waals surface area contributed by atoms with Crippen molar-refractivity contribution in [2.45, 2.75) is 0 Å². The third kappa shape index (κ3) is 2.97. The van der Waals surface area contributed by atoms with E-state index in [9.17, 15) is 4.79 Å². The fraction of sp³-hybridized carbons (Fsp3) is 0.417. The fourth-order valence-electron chi connectivity index (χ4n) is 1.49. The van der Waals surface area contributed by atoms with Gasteiger partial charge in [0, 0.05) is 20.1 Å². The fourth-order valence-corrected chi connectivity index (χ4v) is 1.49. The molecule has 0 unspecified atom stereocenters. The van der Waals surface area contributed by atoms with Gasteiger partial charge in [-0.2, -0.15) is 0 Å². The Morgan fingerprint density at radius 2 is 2.12 bits per heavy atom. The predicted octanol–water partition coefficient (Wildman–Crippen LogP) is 1.13. The van der Waals surface area contributed by atoms with Crippen molar-refractivity contribution in [2.75, 3.05) is 39.2 Å². The van der Waals surface area contributed by atoms with Crippen LogP contribution in [-0.2, 0) is 4.74 Å². The van der Waals surface area contributed by atoms with E-state index < -0.39 is 0 Å². The summed E-state index contributed by atoms with van der Waals surface area (Å²) in [7, 11) is 5.26. The molecule has 0 radical (unpaired) electrons. The van der Waals surface area contributed by atoms with Crippen molar-refractivity contribution in [3.8, 4) is 0 Å². The van der Waals surface area contributed by atoms with Crippen molar-refractivity contribution in [2.24, 2.45) is 0 Å². The Morgan fingerprint density at radius 1 is 1.44 bits per heavy atom. The Morgan fingerprint density at radius 3 is 2.75 bits per heavy atom. The zero-order chi connectivity index (χ0) is 12.0. The van der Waals surface area contributed by atoms with Gasteiger partial charge >= 0.3 is 5.97 Å².